The normalized spacial score (nSPS) is 11.5. The van der Waals surface area contributed by atoms with E-state index in [4.69, 9.17) is 16.7 Å². The van der Waals surface area contributed by atoms with Crippen molar-refractivity contribution in [2.45, 2.75) is 4.90 Å². The Morgan fingerprint density at radius 2 is 1.91 bits per heavy atom. The molecular weight excluding hydrogens is 322 g/mol. The van der Waals surface area contributed by atoms with Gasteiger partial charge in [0.1, 0.15) is 0 Å². The van der Waals surface area contributed by atoms with Gasteiger partial charge in [-0.3, -0.25) is 4.98 Å². The van der Waals surface area contributed by atoms with Gasteiger partial charge in [-0.1, -0.05) is 17.7 Å². The Hall–Kier alpha value is -2.15. The van der Waals surface area contributed by atoms with E-state index < -0.39 is 10.0 Å². The van der Waals surface area contributed by atoms with Crippen molar-refractivity contribution in [1.82, 2.24) is 4.98 Å². The van der Waals surface area contributed by atoms with Crippen LogP contribution in [-0.4, -0.2) is 13.4 Å². The Balaban J connectivity index is 2.05. The number of nitrogens with two attached hydrogens (primary N) is 1. The quantitative estimate of drug-likeness (QED) is 0.770. The van der Waals surface area contributed by atoms with Gasteiger partial charge in [0.05, 0.1) is 10.4 Å². The molecule has 0 fully saturated rings. The number of halogens is 1. The molecule has 22 heavy (non-hydrogen) atoms. The van der Waals surface area contributed by atoms with E-state index in [9.17, 15) is 8.42 Å². The lowest BCUT2D eigenvalue weighted by molar-refractivity contribution is 0.598. The fourth-order valence-electron chi connectivity index (χ4n) is 2.13. The Kier molecular flexibility index (Phi) is 3.74. The maximum Gasteiger partial charge on any atom is 0.238 e. The molecule has 0 saturated carbocycles. The van der Waals surface area contributed by atoms with Crippen molar-refractivity contribution in [2.75, 3.05) is 5.32 Å². The third kappa shape index (κ3) is 3.04. The lowest BCUT2D eigenvalue weighted by atomic mass is 10.2. The first-order chi connectivity index (χ1) is 10.4. The van der Waals surface area contributed by atoms with Crippen molar-refractivity contribution in [3.8, 4) is 0 Å². The van der Waals surface area contributed by atoms with E-state index in [-0.39, 0.29) is 4.90 Å². The highest BCUT2D eigenvalue weighted by molar-refractivity contribution is 7.89. The first kappa shape index (κ1) is 14.8. The van der Waals surface area contributed by atoms with Gasteiger partial charge >= 0.3 is 0 Å². The van der Waals surface area contributed by atoms with Crippen LogP contribution in [-0.2, 0) is 10.0 Å². The fraction of sp³-hybridized carbons (Fsp3) is 0. The lowest BCUT2D eigenvalue weighted by Gasteiger charge is -2.10. The van der Waals surface area contributed by atoms with E-state index in [1.807, 2.05) is 6.07 Å². The van der Waals surface area contributed by atoms with Gasteiger partial charge in [-0.2, -0.15) is 0 Å². The molecule has 0 aliphatic rings. The van der Waals surface area contributed by atoms with Crippen LogP contribution in [0.15, 0.2) is 59.6 Å². The van der Waals surface area contributed by atoms with Crippen molar-refractivity contribution < 1.29 is 8.42 Å². The van der Waals surface area contributed by atoms with Crippen LogP contribution in [0.4, 0.5) is 11.4 Å². The number of pyridine rings is 1. The van der Waals surface area contributed by atoms with Crippen molar-refractivity contribution in [2.24, 2.45) is 5.14 Å². The molecule has 112 valence electrons. The Morgan fingerprint density at radius 3 is 2.68 bits per heavy atom. The van der Waals surface area contributed by atoms with Gasteiger partial charge in [0.25, 0.3) is 0 Å². The minimum absolute atomic E-state index is 0.0499. The minimum atomic E-state index is -3.74. The molecule has 3 aromatic rings. The summed E-state index contributed by atoms with van der Waals surface area (Å²) in [5.41, 5.74) is 2.18. The number of primary sulfonamides is 1. The molecule has 1 aromatic heterocycles. The van der Waals surface area contributed by atoms with E-state index in [2.05, 4.69) is 10.3 Å². The number of anilines is 2. The highest BCUT2D eigenvalue weighted by Crippen LogP contribution is 2.28. The highest BCUT2D eigenvalue weighted by atomic mass is 35.5. The molecule has 0 aliphatic carbocycles. The van der Waals surface area contributed by atoms with Gasteiger partial charge in [0, 0.05) is 28.0 Å². The monoisotopic (exact) mass is 333 g/mol. The molecular formula is C15H12ClN3O2S. The molecule has 0 saturated heterocycles. The summed E-state index contributed by atoms with van der Waals surface area (Å²) < 4.78 is 22.8. The number of nitrogens with zero attached hydrogens (tertiary/aromatic N) is 1. The van der Waals surface area contributed by atoms with E-state index in [1.165, 1.54) is 12.1 Å². The number of sulfonamides is 1. The third-order valence-electron chi connectivity index (χ3n) is 3.15. The Morgan fingerprint density at radius 1 is 1.09 bits per heavy atom. The lowest BCUT2D eigenvalue weighted by Crippen LogP contribution is -2.12. The number of fused-ring (bicyclic) bond motifs is 1. The average Bonchev–Trinajstić information content (AvgIpc) is 2.47. The first-order valence-corrected chi connectivity index (χ1v) is 8.30. The highest BCUT2D eigenvalue weighted by Gasteiger charge is 2.09. The summed E-state index contributed by atoms with van der Waals surface area (Å²) in [5.74, 6) is 0. The predicted octanol–water partition coefficient (Wildman–Crippen LogP) is 3.28. The third-order valence-corrected chi connectivity index (χ3v) is 4.29. The van der Waals surface area contributed by atoms with Crippen molar-refractivity contribution in [1.29, 1.82) is 0 Å². The maximum atomic E-state index is 11.4. The summed E-state index contributed by atoms with van der Waals surface area (Å²) >= 11 is 6.03. The molecule has 0 bridgehead atoms. The largest absolute Gasteiger partial charge is 0.355 e. The van der Waals surface area contributed by atoms with Gasteiger partial charge < -0.3 is 5.32 Å². The second-order valence-electron chi connectivity index (χ2n) is 4.72. The number of aromatic nitrogens is 1. The standard InChI is InChI=1S/C15H12ClN3O2S/c16-10-4-5-14-13(8-10)15(6-7-18-14)19-11-2-1-3-12(9-11)22(17,20)21/h1-9H,(H,18,19)(H2,17,20,21). The molecule has 3 rings (SSSR count). The van der Waals surface area contributed by atoms with Crippen LogP contribution in [0.5, 0.6) is 0 Å². The molecule has 0 radical (unpaired) electrons. The van der Waals surface area contributed by atoms with E-state index in [0.717, 1.165) is 16.6 Å². The second kappa shape index (κ2) is 5.57. The van der Waals surface area contributed by atoms with Crippen LogP contribution in [0.25, 0.3) is 10.9 Å². The van der Waals surface area contributed by atoms with Crippen LogP contribution in [0.1, 0.15) is 0 Å². The number of rotatable bonds is 3. The molecule has 0 spiro atoms. The van der Waals surface area contributed by atoms with Gasteiger partial charge in [-0.05, 0) is 42.5 Å². The summed E-state index contributed by atoms with van der Waals surface area (Å²) in [5, 5.41) is 9.76. The number of benzene rings is 2. The second-order valence-corrected chi connectivity index (χ2v) is 6.72. The van der Waals surface area contributed by atoms with E-state index >= 15 is 0 Å². The molecule has 1 heterocycles. The summed E-state index contributed by atoms with van der Waals surface area (Å²) in [6, 6.07) is 13.5. The van der Waals surface area contributed by atoms with E-state index in [1.54, 1.807) is 36.5 Å². The van der Waals surface area contributed by atoms with Gasteiger partial charge in [0.2, 0.25) is 10.0 Å². The SMILES string of the molecule is NS(=O)(=O)c1cccc(Nc2ccnc3ccc(Cl)cc23)c1. The maximum absolute atomic E-state index is 11.4. The number of nitrogens with one attached hydrogen (secondary N) is 1. The average molecular weight is 334 g/mol. The zero-order chi connectivity index (χ0) is 15.7. The smallest absolute Gasteiger partial charge is 0.238 e. The molecule has 0 aliphatic heterocycles. The zero-order valence-corrected chi connectivity index (χ0v) is 12.9. The number of hydrogen-bond donors (Lipinski definition) is 2. The zero-order valence-electron chi connectivity index (χ0n) is 11.3. The summed E-state index contributed by atoms with van der Waals surface area (Å²) in [6.45, 7) is 0. The van der Waals surface area contributed by atoms with Gasteiger partial charge in [-0.15, -0.1) is 0 Å². The summed E-state index contributed by atoms with van der Waals surface area (Å²) in [7, 11) is -3.74. The molecule has 0 amide bonds. The fourth-order valence-corrected chi connectivity index (χ4v) is 2.87. The summed E-state index contributed by atoms with van der Waals surface area (Å²) in [4.78, 5) is 4.32. The molecule has 3 N–H and O–H groups in total. The molecule has 0 atom stereocenters. The van der Waals surface area contributed by atoms with Crippen LogP contribution in [0.2, 0.25) is 5.02 Å². The van der Waals surface area contributed by atoms with Crippen molar-refractivity contribution >= 4 is 43.9 Å². The van der Waals surface area contributed by atoms with Crippen LogP contribution in [0.3, 0.4) is 0 Å². The molecule has 0 unspecified atom stereocenters. The van der Waals surface area contributed by atoms with Crippen molar-refractivity contribution in [3.63, 3.8) is 0 Å². The summed E-state index contributed by atoms with van der Waals surface area (Å²) in [6.07, 6.45) is 1.67. The molecule has 2 aromatic carbocycles. The van der Waals surface area contributed by atoms with Crippen molar-refractivity contribution in [3.05, 3.63) is 59.8 Å². The molecule has 7 heteroatoms. The Bertz CT molecular complexity index is 958. The van der Waals surface area contributed by atoms with Crippen LogP contribution >= 0.6 is 11.6 Å². The Labute approximate surface area is 132 Å². The van der Waals surface area contributed by atoms with Crippen LogP contribution < -0.4 is 10.5 Å². The number of hydrogen-bond acceptors (Lipinski definition) is 4. The minimum Gasteiger partial charge on any atom is -0.355 e. The predicted molar refractivity (Wildman–Crippen MR) is 87.9 cm³/mol. The van der Waals surface area contributed by atoms with Gasteiger partial charge in [-0.25, -0.2) is 13.6 Å². The van der Waals surface area contributed by atoms with Crippen LogP contribution in [0, 0.1) is 0 Å². The molecule has 5 nitrogen and oxygen atoms in total. The first-order valence-electron chi connectivity index (χ1n) is 6.38. The van der Waals surface area contributed by atoms with Gasteiger partial charge in [0.15, 0.2) is 0 Å². The topological polar surface area (TPSA) is 85.1 Å². The van der Waals surface area contributed by atoms with E-state index in [0.29, 0.717) is 10.7 Å².